The fourth-order valence-corrected chi connectivity index (χ4v) is 2.71. The first-order valence-corrected chi connectivity index (χ1v) is 7.11. The summed E-state index contributed by atoms with van der Waals surface area (Å²) in [6.07, 6.45) is 0.265. The molecule has 1 aromatic heterocycles. The molecule has 0 fully saturated rings. The zero-order valence-electron chi connectivity index (χ0n) is 11.5. The van der Waals surface area contributed by atoms with Crippen molar-refractivity contribution in [2.24, 2.45) is 0 Å². The highest BCUT2D eigenvalue weighted by atomic mass is 32.1. The van der Waals surface area contributed by atoms with Crippen molar-refractivity contribution in [3.05, 3.63) is 44.5 Å². The molecule has 0 saturated carbocycles. The number of hydrogen-bond acceptors (Lipinski definition) is 4. The van der Waals surface area contributed by atoms with E-state index < -0.39 is 0 Å². The van der Waals surface area contributed by atoms with Gasteiger partial charge in [0.25, 0.3) is 0 Å². The molecule has 6 heteroatoms. The third-order valence-electron chi connectivity index (χ3n) is 3.13. The molecule has 20 heavy (non-hydrogen) atoms. The van der Waals surface area contributed by atoms with Gasteiger partial charge in [0.15, 0.2) is 0 Å². The third-order valence-corrected chi connectivity index (χ3v) is 4.13. The predicted molar refractivity (Wildman–Crippen MR) is 82.2 cm³/mol. The number of rotatable bonds is 4. The smallest absolute Gasteiger partial charge is 0.307 e. The Morgan fingerprint density at radius 2 is 1.95 bits per heavy atom. The number of hydrogen-bond donors (Lipinski definition) is 2. The predicted octanol–water partition coefficient (Wildman–Crippen LogP) is 2.14. The number of benzene rings is 1. The molecular formula is C14H17N3O2S. The quantitative estimate of drug-likeness (QED) is 0.847. The minimum absolute atomic E-state index is 0.0136. The zero-order chi connectivity index (χ0) is 14.7. The average Bonchev–Trinajstić information content (AvgIpc) is 2.64. The van der Waals surface area contributed by atoms with Crippen molar-refractivity contribution in [3.8, 4) is 0 Å². The van der Waals surface area contributed by atoms with Crippen LogP contribution in [0, 0.1) is 13.8 Å². The minimum atomic E-state index is -0.120. The lowest BCUT2D eigenvalue weighted by Gasteiger charge is -2.07. The van der Waals surface area contributed by atoms with Gasteiger partial charge in [0.05, 0.1) is 0 Å². The van der Waals surface area contributed by atoms with Gasteiger partial charge in [-0.1, -0.05) is 11.3 Å². The van der Waals surface area contributed by atoms with E-state index >= 15 is 0 Å². The van der Waals surface area contributed by atoms with E-state index in [4.69, 9.17) is 5.73 Å². The summed E-state index contributed by atoms with van der Waals surface area (Å²) in [7, 11) is 0. The highest BCUT2D eigenvalue weighted by molar-refractivity contribution is 7.09. The van der Waals surface area contributed by atoms with Crippen LogP contribution in [0.1, 0.15) is 17.0 Å². The van der Waals surface area contributed by atoms with Crippen LogP contribution in [0.2, 0.25) is 0 Å². The average molecular weight is 291 g/mol. The van der Waals surface area contributed by atoms with Crippen LogP contribution in [0.3, 0.4) is 0 Å². The van der Waals surface area contributed by atoms with E-state index in [0.29, 0.717) is 17.9 Å². The van der Waals surface area contributed by atoms with E-state index in [1.807, 2.05) is 13.8 Å². The standard InChI is InChI=1S/C14H17N3O2S/c1-9-10(2)20-14(19)17(9)8-7-13(18)16-12-5-3-11(15)4-6-12/h3-6H,7-8,15H2,1-2H3,(H,16,18). The second kappa shape index (κ2) is 5.92. The van der Waals surface area contributed by atoms with Gasteiger partial charge < -0.3 is 15.6 Å². The Hall–Kier alpha value is -2.08. The van der Waals surface area contributed by atoms with Crippen molar-refractivity contribution in [1.29, 1.82) is 0 Å². The van der Waals surface area contributed by atoms with Crippen molar-refractivity contribution in [2.45, 2.75) is 26.8 Å². The number of anilines is 2. The largest absolute Gasteiger partial charge is 0.399 e. The molecule has 0 aliphatic rings. The molecule has 106 valence electrons. The molecule has 0 aliphatic heterocycles. The molecule has 2 rings (SSSR count). The van der Waals surface area contributed by atoms with E-state index in [9.17, 15) is 9.59 Å². The van der Waals surface area contributed by atoms with Crippen LogP contribution >= 0.6 is 11.3 Å². The third kappa shape index (κ3) is 3.27. The van der Waals surface area contributed by atoms with Crippen LogP contribution in [0.4, 0.5) is 11.4 Å². The Morgan fingerprint density at radius 1 is 1.30 bits per heavy atom. The molecular weight excluding hydrogens is 274 g/mol. The van der Waals surface area contributed by atoms with Gasteiger partial charge in [-0.25, -0.2) is 0 Å². The molecule has 3 N–H and O–H groups in total. The monoisotopic (exact) mass is 291 g/mol. The van der Waals surface area contributed by atoms with Crippen molar-refractivity contribution in [3.63, 3.8) is 0 Å². The molecule has 0 aliphatic carbocycles. The van der Waals surface area contributed by atoms with Gasteiger partial charge in [-0.3, -0.25) is 9.59 Å². The maximum atomic E-state index is 11.8. The number of aryl methyl sites for hydroxylation is 1. The normalized spacial score (nSPS) is 10.5. The maximum Gasteiger partial charge on any atom is 0.307 e. The van der Waals surface area contributed by atoms with Crippen LogP contribution < -0.4 is 15.9 Å². The Balaban J connectivity index is 1.95. The zero-order valence-corrected chi connectivity index (χ0v) is 12.3. The highest BCUT2D eigenvalue weighted by Gasteiger charge is 2.09. The molecule has 0 atom stereocenters. The molecule has 0 saturated heterocycles. The number of carbonyl (C=O) groups is 1. The summed E-state index contributed by atoms with van der Waals surface area (Å²) in [5, 5.41) is 2.78. The second-order valence-corrected chi connectivity index (χ2v) is 5.75. The van der Waals surface area contributed by atoms with Crippen molar-refractivity contribution in [2.75, 3.05) is 11.1 Å². The van der Waals surface area contributed by atoms with Crippen LogP contribution in [0.5, 0.6) is 0 Å². The maximum absolute atomic E-state index is 11.8. The van der Waals surface area contributed by atoms with Gasteiger partial charge in [-0.15, -0.1) is 0 Å². The van der Waals surface area contributed by atoms with Crippen LogP contribution in [-0.2, 0) is 11.3 Å². The first-order chi connectivity index (χ1) is 9.47. The summed E-state index contributed by atoms with van der Waals surface area (Å²) in [6, 6.07) is 6.96. The van der Waals surface area contributed by atoms with Crippen molar-refractivity contribution >= 4 is 28.6 Å². The number of thiazole rings is 1. The topological polar surface area (TPSA) is 77.1 Å². The molecule has 0 unspecified atom stereocenters. The van der Waals surface area contributed by atoms with E-state index in [-0.39, 0.29) is 17.2 Å². The summed E-state index contributed by atoms with van der Waals surface area (Å²) < 4.78 is 1.64. The van der Waals surface area contributed by atoms with Crippen LogP contribution in [0.15, 0.2) is 29.1 Å². The summed E-state index contributed by atoms with van der Waals surface area (Å²) >= 11 is 1.21. The first-order valence-electron chi connectivity index (χ1n) is 6.29. The minimum Gasteiger partial charge on any atom is -0.399 e. The van der Waals surface area contributed by atoms with Gasteiger partial charge in [-0.2, -0.15) is 0 Å². The summed E-state index contributed by atoms with van der Waals surface area (Å²) in [4.78, 5) is 24.5. The Bertz CT molecular complexity index is 671. The van der Waals surface area contributed by atoms with Gasteiger partial charge in [0.2, 0.25) is 5.91 Å². The Labute approximate surface area is 121 Å². The number of aromatic nitrogens is 1. The molecule has 0 bridgehead atoms. The molecule has 0 spiro atoms. The van der Waals surface area contributed by atoms with Gasteiger partial charge in [0, 0.05) is 34.9 Å². The van der Waals surface area contributed by atoms with Crippen molar-refractivity contribution < 1.29 is 4.79 Å². The second-order valence-electron chi connectivity index (χ2n) is 4.58. The van der Waals surface area contributed by atoms with Crippen LogP contribution in [0.25, 0.3) is 0 Å². The summed E-state index contributed by atoms with van der Waals surface area (Å²) in [5.41, 5.74) is 7.86. The fraction of sp³-hybridized carbons (Fsp3) is 0.286. The number of nitrogen functional groups attached to an aromatic ring is 1. The lowest BCUT2D eigenvalue weighted by atomic mass is 10.2. The molecule has 2 aromatic rings. The van der Waals surface area contributed by atoms with E-state index in [1.54, 1.807) is 28.8 Å². The molecule has 1 heterocycles. The number of amides is 1. The van der Waals surface area contributed by atoms with E-state index in [1.165, 1.54) is 11.3 Å². The Kier molecular flexibility index (Phi) is 4.24. The lowest BCUT2D eigenvalue weighted by Crippen LogP contribution is -2.20. The first kappa shape index (κ1) is 14.3. The number of nitrogens with one attached hydrogen (secondary N) is 1. The fourth-order valence-electron chi connectivity index (χ4n) is 1.85. The SMILES string of the molecule is Cc1sc(=O)n(CCC(=O)Nc2ccc(N)cc2)c1C. The number of nitrogens with two attached hydrogens (primary N) is 1. The number of carbonyl (C=O) groups excluding carboxylic acids is 1. The molecule has 0 radical (unpaired) electrons. The van der Waals surface area contributed by atoms with Crippen molar-refractivity contribution in [1.82, 2.24) is 4.57 Å². The summed E-state index contributed by atoms with van der Waals surface area (Å²) in [5.74, 6) is -0.120. The van der Waals surface area contributed by atoms with E-state index in [0.717, 1.165) is 10.6 Å². The number of nitrogens with zero attached hydrogens (tertiary/aromatic N) is 1. The molecule has 5 nitrogen and oxygen atoms in total. The lowest BCUT2D eigenvalue weighted by molar-refractivity contribution is -0.116. The molecule has 1 amide bonds. The van der Waals surface area contributed by atoms with Gasteiger partial charge in [-0.05, 0) is 38.1 Å². The van der Waals surface area contributed by atoms with Crippen LogP contribution in [-0.4, -0.2) is 10.5 Å². The molecule has 1 aromatic carbocycles. The van der Waals surface area contributed by atoms with Gasteiger partial charge in [0.1, 0.15) is 0 Å². The van der Waals surface area contributed by atoms with E-state index in [2.05, 4.69) is 5.32 Å². The highest BCUT2D eigenvalue weighted by Crippen LogP contribution is 2.12. The summed E-state index contributed by atoms with van der Waals surface area (Å²) in [6.45, 7) is 4.20. The van der Waals surface area contributed by atoms with Gasteiger partial charge >= 0.3 is 4.87 Å². The Morgan fingerprint density at radius 3 is 2.50 bits per heavy atom.